The minimum atomic E-state index is -4.79. The van der Waals surface area contributed by atoms with Gasteiger partial charge in [0.2, 0.25) is 16.0 Å². The number of hydrogen-bond acceptors (Lipinski definition) is 8. The summed E-state index contributed by atoms with van der Waals surface area (Å²) in [6.07, 6.45) is -1.93. The fourth-order valence-corrected chi connectivity index (χ4v) is 5.09. The molecule has 0 saturated carbocycles. The lowest BCUT2D eigenvalue weighted by Gasteiger charge is -2.30. The highest BCUT2D eigenvalue weighted by atomic mass is 32.2. The van der Waals surface area contributed by atoms with Crippen LogP contribution in [0.2, 0.25) is 0 Å². The van der Waals surface area contributed by atoms with Crippen LogP contribution in [0, 0.1) is 5.82 Å². The van der Waals surface area contributed by atoms with Crippen molar-refractivity contribution in [3.8, 4) is 10.6 Å². The van der Waals surface area contributed by atoms with E-state index in [1.54, 1.807) is 13.8 Å². The molecule has 3 heterocycles. The first-order valence-electron chi connectivity index (χ1n) is 9.43. The molecule has 0 spiro atoms. The van der Waals surface area contributed by atoms with Gasteiger partial charge in [0.15, 0.2) is 16.6 Å². The first-order chi connectivity index (χ1) is 14.3. The molecule has 14 heteroatoms. The molecule has 0 bridgehead atoms. The van der Waals surface area contributed by atoms with Crippen LogP contribution in [-0.4, -0.2) is 59.1 Å². The Kier molecular flexibility index (Phi) is 6.72. The Morgan fingerprint density at radius 1 is 1.23 bits per heavy atom. The molecule has 3 rings (SSSR count). The summed E-state index contributed by atoms with van der Waals surface area (Å²) in [5.74, 6) is -1.03. The van der Waals surface area contributed by atoms with Gasteiger partial charge in [0, 0.05) is 25.2 Å². The zero-order chi connectivity index (χ0) is 23.0. The molecule has 0 radical (unpaired) electrons. The molecule has 2 aromatic rings. The van der Waals surface area contributed by atoms with Gasteiger partial charge < -0.3 is 10.6 Å². The van der Waals surface area contributed by atoms with E-state index in [1.165, 1.54) is 4.31 Å². The molecule has 0 atom stereocenters. The Hall–Kier alpha value is -2.06. The highest BCUT2D eigenvalue weighted by Gasteiger charge is 2.39. The number of piperidine rings is 1. The molecular formula is C17H22F4N6O2S2. The van der Waals surface area contributed by atoms with Crippen molar-refractivity contribution in [2.45, 2.75) is 44.9 Å². The Morgan fingerprint density at radius 3 is 2.42 bits per heavy atom. The third-order valence-electron chi connectivity index (χ3n) is 4.52. The van der Waals surface area contributed by atoms with Crippen LogP contribution in [0.1, 0.15) is 32.4 Å². The smallest absolute Gasteiger partial charge is 0.359 e. The Bertz CT molecular complexity index is 1030. The molecule has 2 N–H and O–H groups in total. The molecule has 0 aromatic carbocycles. The first-order valence-corrected chi connectivity index (χ1v) is 12.1. The summed E-state index contributed by atoms with van der Waals surface area (Å²) in [6, 6.07) is -0.358. The summed E-state index contributed by atoms with van der Waals surface area (Å²) in [4.78, 5) is 11.0. The zero-order valence-corrected chi connectivity index (χ0v) is 18.6. The standard InChI is InChI=1S/C17H22F4N6O2S2/c1-9(2)23-16-26-14(17(19,20)21)13(30-16)12-11(18)8-22-15(25-12)24-10-4-6-27(7-5-10)31(3,28)29/h8-10H,4-7H2,1-3H3,(H,23,26)(H,22,24,25). The summed E-state index contributed by atoms with van der Waals surface area (Å²) in [5.41, 5.74) is -1.71. The molecule has 1 aliphatic heterocycles. The normalized spacial score (nSPS) is 16.6. The number of hydrogen-bond donors (Lipinski definition) is 2. The second-order valence-electron chi connectivity index (χ2n) is 7.46. The summed E-state index contributed by atoms with van der Waals surface area (Å²) in [7, 11) is -3.29. The molecule has 0 unspecified atom stereocenters. The van der Waals surface area contributed by atoms with Gasteiger partial charge in [-0.15, -0.1) is 0 Å². The number of anilines is 2. The molecule has 31 heavy (non-hydrogen) atoms. The predicted octanol–water partition coefficient (Wildman–Crippen LogP) is 3.41. The number of nitrogens with zero attached hydrogens (tertiary/aromatic N) is 4. The maximum Gasteiger partial charge on any atom is 0.434 e. The number of thiazole rings is 1. The minimum Gasteiger partial charge on any atom is -0.359 e. The van der Waals surface area contributed by atoms with E-state index in [0.29, 0.717) is 37.3 Å². The van der Waals surface area contributed by atoms with Gasteiger partial charge in [-0.25, -0.2) is 32.1 Å². The highest BCUT2D eigenvalue weighted by molar-refractivity contribution is 7.88. The third-order valence-corrected chi connectivity index (χ3v) is 6.82. The largest absolute Gasteiger partial charge is 0.434 e. The van der Waals surface area contributed by atoms with E-state index in [-0.39, 0.29) is 23.2 Å². The van der Waals surface area contributed by atoms with E-state index in [4.69, 9.17) is 0 Å². The minimum absolute atomic E-state index is 0.0120. The first kappa shape index (κ1) is 23.6. The van der Waals surface area contributed by atoms with E-state index in [9.17, 15) is 26.0 Å². The van der Waals surface area contributed by atoms with Crippen molar-refractivity contribution >= 4 is 32.4 Å². The lowest BCUT2D eigenvalue weighted by Crippen LogP contribution is -2.42. The number of sulfonamides is 1. The van der Waals surface area contributed by atoms with E-state index in [1.807, 2.05) is 0 Å². The van der Waals surface area contributed by atoms with Crippen molar-refractivity contribution in [2.24, 2.45) is 0 Å². The number of aromatic nitrogens is 3. The van der Waals surface area contributed by atoms with Crippen LogP contribution in [0.15, 0.2) is 6.20 Å². The molecule has 2 aromatic heterocycles. The van der Waals surface area contributed by atoms with Crippen molar-refractivity contribution in [1.29, 1.82) is 0 Å². The van der Waals surface area contributed by atoms with Gasteiger partial charge in [0.25, 0.3) is 0 Å². The molecule has 1 aliphatic rings. The van der Waals surface area contributed by atoms with Crippen molar-refractivity contribution < 1.29 is 26.0 Å². The third kappa shape index (κ3) is 5.80. The van der Waals surface area contributed by atoms with Crippen LogP contribution in [0.25, 0.3) is 10.6 Å². The van der Waals surface area contributed by atoms with Crippen molar-refractivity contribution in [3.63, 3.8) is 0 Å². The van der Waals surface area contributed by atoms with E-state index in [2.05, 4.69) is 25.6 Å². The van der Waals surface area contributed by atoms with Crippen LogP contribution in [0.3, 0.4) is 0 Å². The summed E-state index contributed by atoms with van der Waals surface area (Å²) in [5, 5.41) is 5.77. The number of alkyl halides is 3. The molecule has 1 fully saturated rings. The quantitative estimate of drug-likeness (QED) is 0.609. The van der Waals surface area contributed by atoms with Gasteiger partial charge in [0.05, 0.1) is 17.3 Å². The fourth-order valence-electron chi connectivity index (χ4n) is 3.09. The van der Waals surface area contributed by atoms with Crippen LogP contribution < -0.4 is 10.6 Å². The molecule has 0 aliphatic carbocycles. The highest BCUT2D eigenvalue weighted by Crippen LogP contribution is 2.42. The molecule has 0 amide bonds. The number of nitrogens with one attached hydrogen (secondary N) is 2. The predicted molar refractivity (Wildman–Crippen MR) is 110 cm³/mol. The number of halogens is 4. The van der Waals surface area contributed by atoms with Crippen molar-refractivity contribution in [3.05, 3.63) is 17.7 Å². The second kappa shape index (κ2) is 8.82. The van der Waals surface area contributed by atoms with Crippen LogP contribution >= 0.6 is 11.3 Å². The SMILES string of the molecule is CC(C)Nc1nc(C(F)(F)F)c(-c2nc(NC3CCN(S(C)(=O)=O)CC3)ncc2F)s1. The molecule has 1 saturated heterocycles. The van der Waals surface area contributed by atoms with Gasteiger partial charge in [-0.1, -0.05) is 11.3 Å². The van der Waals surface area contributed by atoms with E-state index in [0.717, 1.165) is 12.5 Å². The van der Waals surface area contributed by atoms with Crippen molar-refractivity contribution in [2.75, 3.05) is 30.0 Å². The average Bonchev–Trinajstić information content (AvgIpc) is 3.06. The van der Waals surface area contributed by atoms with E-state index >= 15 is 0 Å². The molecule has 8 nitrogen and oxygen atoms in total. The molecular weight excluding hydrogens is 460 g/mol. The lowest BCUT2D eigenvalue weighted by atomic mass is 10.1. The van der Waals surface area contributed by atoms with E-state index < -0.39 is 38.3 Å². The Balaban J connectivity index is 1.86. The average molecular weight is 483 g/mol. The summed E-state index contributed by atoms with van der Waals surface area (Å²) < 4.78 is 79.5. The summed E-state index contributed by atoms with van der Waals surface area (Å²) >= 11 is 0.666. The van der Waals surface area contributed by atoms with Crippen molar-refractivity contribution in [1.82, 2.24) is 19.3 Å². The van der Waals surface area contributed by atoms with Gasteiger partial charge in [0.1, 0.15) is 5.69 Å². The van der Waals surface area contributed by atoms with Crippen LogP contribution in [0.5, 0.6) is 0 Å². The Labute approximate surface area is 181 Å². The topological polar surface area (TPSA) is 100 Å². The fraction of sp³-hybridized carbons (Fsp3) is 0.588. The number of rotatable bonds is 6. The maximum atomic E-state index is 14.4. The van der Waals surface area contributed by atoms with Gasteiger partial charge in [-0.2, -0.15) is 13.2 Å². The van der Waals surface area contributed by atoms with Crippen LogP contribution in [0.4, 0.5) is 28.6 Å². The van der Waals surface area contributed by atoms with Gasteiger partial charge >= 0.3 is 6.18 Å². The summed E-state index contributed by atoms with van der Waals surface area (Å²) in [6.45, 7) is 4.08. The molecule has 172 valence electrons. The Morgan fingerprint density at radius 2 is 1.87 bits per heavy atom. The second-order valence-corrected chi connectivity index (χ2v) is 10.4. The maximum absolute atomic E-state index is 14.4. The van der Waals surface area contributed by atoms with Gasteiger partial charge in [-0.3, -0.25) is 0 Å². The van der Waals surface area contributed by atoms with Crippen LogP contribution in [-0.2, 0) is 16.2 Å². The lowest BCUT2D eigenvalue weighted by molar-refractivity contribution is -0.140. The zero-order valence-electron chi connectivity index (χ0n) is 17.0. The monoisotopic (exact) mass is 482 g/mol. The van der Waals surface area contributed by atoms with Gasteiger partial charge in [-0.05, 0) is 26.7 Å².